The smallest absolute Gasteiger partial charge is 0.231 e. The molecule has 0 saturated carbocycles. The maximum atomic E-state index is 12.8. The van der Waals surface area contributed by atoms with Crippen molar-refractivity contribution >= 4 is 23.2 Å². The van der Waals surface area contributed by atoms with E-state index in [2.05, 4.69) is 0 Å². The molecule has 142 valence electrons. The van der Waals surface area contributed by atoms with Crippen LogP contribution in [0.3, 0.4) is 0 Å². The van der Waals surface area contributed by atoms with Crippen LogP contribution < -0.4 is 18.9 Å². The molecule has 1 aliphatic rings. The minimum absolute atomic E-state index is 0.129. The Labute approximate surface area is 166 Å². The van der Waals surface area contributed by atoms with Gasteiger partial charge in [0.1, 0.15) is 5.75 Å². The largest absolute Gasteiger partial charge is 0.493 e. The molecule has 0 radical (unpaired) electrons. The summed E-state index contributed by atoms with van der Waals surface area (Å²) in [4.78, 5) is 12.8. The molecule has 4 rings (SSSR count). The van der Waals surface area contributed by atoms with Gasteiger partial charge in [0.15, 0.2) is 17.3 Å². The molecule has 0 fully saturated rings. The predicted octanol–water partition coefficient (Wildman–Crippen LogP) is 5.06. The minimum Gasteiger partial charge on any atom is -0.493 e. The zero-order valence-electron chi connectivity index (χ0n) is 15.6. The fourth-order valence-electron chi connectivity index (χ4n) is 3.12. The third-order valence-electron chi connectivity index (χ3n) is 4.51. The summed E-state index contributed by atoms with van der Waals surface area (Å²) >= 11 is 1.57. The van der Waals surface area contributed by atoms with Crippen LogP contribution in [0.4, 0.5) is 0 Å². The Balaban J connectivity index is 1.74. The predicted molar refractivity (Wildman–Crippen MR) is 109 cm³/mol. The van der Waals surface area contributed by atoms with Crippen LogP contribution in [0.1, 0.15) is 15.9 Å². The number of benzene rings is 2. The first-order valence-corrected chi connectivity index (χ1v) is 9.49. The van der Waals surface area contributed by atoms with Gasteiger partial charge >= 0.3 is 0 Å². The Morgan fingerprint density at radius 1 is 0.929 bits per heavy atom. The van der Waals surface area contributed by atoms with Crippen molar-refractivity contribution in [2.24, 2.45) is 0 Å². The summed E-state index contributed by atoms with van der Waals surface area (Å²) in [5, 5.41) is 3.93. The van der Waals surface area contributed by atoms with Crippen LogP contribution in [-0.2, 0) is 0 Å². The van der Waals surface area contributed by atoms with Crippen molar-refractivity contribution in [1.82, 2.24) is 0 Å². The molecular weight excluding hydrogens is 376 g/mol. The van der Waals surface area contributed by atoms with Crippen LogP contribution >= 0.6 is 11.3 Å². The summed E-state index contributed by atoms with van der Waals surface area (Å²) in [6.07, 6.45) is 1.76. The van der Waals surface area contributed by atoms with Crippen LogP contribution in [0.25, 0.3) is 17.2 Å². The van der Waals surface area contributed by atoms with Gasteiger partial charge in [-0.25, -0.2) is 0 Å². The second-order valence-corrected chi connectivity index (χ2v) is 6.90. The van der Waals surface area contributed by atoms with Crippen molar-refractivity contribution in [3.63, 3.8) is 0 Å². The number of hydrogen-bond acceptors (Lipinski definition) is 6. The first-order valence-electron chi connectivity index (χ1n) is 8.55. The molecular formula is C22H18O5S. The SMILES string of the molecule is COc1cc(-c2ccc3c(c2)C(=O)/C(=C/c2ccsc2)O3)cc(OC)c1OC. The molecule has 1 aliphatic heterocycles. The number of hydrogen-bond donors (Lipinski definition) is 0. The second kappa shape index (κ2) is 7.40. The van der Waals surface area contributed by atoms with Crippen LogP contribution in [-0.4, -0.2) is 27.1 Å². The summed E-state index contributed by atoms with van der Waals surface area (Å²) in [5.41, 5.74) is 3.19. The number of carbonyl (C=O) groups excluding carboxylic acids is 1. The van der Waals surface area contributed by atoms with Gasteiger partial charge in [0.25, 0.3) is 0 Å². The highest BCUT2D eigenvalue weighted by Crippen LogP contribution is 2.42. The second-order valence-electron chi connectivity index (χ2n) is 6.12. The van der Waals surface area contributed by atoms with Gasteiger partial charge in [-0.15, -0.1) is 0 Å². The molecule has 0 aliphatic carbocycles. The lowest BCUT2D eigenvalue weighted by molar-refractivity contribution is 0.101. The highest BCUT2D eigenvalue weighted by atomic mass is 32.1. The van der Waals surface area contributed by atoms with Gasteiger partial charge in [-0.05, 0) is 63.9 Å². The van der Waals surface area contributed by atoms with E-state index in [1.54, 1.807) is 44.8 Å². The van der Waals surface area contributed by atoms with Crippen molar-refractivity contribution < 1.29 is 23.7 Å². The van der Waals surface area contributed by atoms with Crippen molar-refractivity contribution in [3.05, 3.63) is 64.0 Å². The van der Waals surface area contributed by atoms with Crippen molar-refractivity contribution in [1.29, 1.82) is 0 Å². The van der Waals surface area contributed by atoms with Crippen LogP contribution in [0.5, 0.6) is 23.0 Å². The topological polar surface area (TPSA) is 54.0 Å². The van der Waals surface area contributed by atoms with E-state index >= 15 is 0 Å². The molecule has 0 spiro atoms. The Bertz CT molecular complexity index is 1040. The average Bonchev–Trinajstić information content (AvgIpc) is 3.35. The summed E-state index contributed by atoms with van der Waals surface area (Å²) in [5.74, 6) is 2.39. The minimum atomic E-state index is -0.129. The van der Waals surface area contributed by atoms with Gasteiger partial charge in [-0.1, -0.05) is 6.07 Å². The molecule has 2 aromatic carbocycles. The Morgan fingerprint density at radius 2 is 1.68 bits per heavy atom. The quantitative estimate of drug-likeness (QED) is 0.567. The van der Waals surface area contributed by atoms with Gasteiger partial charge in [0.2, 0.25) is 11.5 Å². The Hall–Kier alpha value is -3.25. The molecule has 3 aromatic rings. The van der Waals surface area contributed by atoms with E-state index in [-0.39, 0.29) is 5.78 Å². The van der Waals surface area contributed by atoms with E-state index in [9.17, 15) is 4.79 Å². The number of ether oxygens (including phenoxy) is 4. The van der Waals surface area contributed by atoms with Gasteiger partial charge in [0.05, 0.1) is 26.9 Å². The van der Waals surface area contributed by atoms with E-state index in [4.69, 9.17) is 18.9 Å². The highest BCUT2D eigenvalue weighted by molar-refractivity contribution is 7.08. The van der Waals surface area contributed by atoms with E-state index in [0.717, 1.165) is 16.7 Å². The number of Topliss-reactive ketones (excluding diaryl/α,β-unsaturated/α-hetero) is 1. The average molecular weight is 394 g/mol. The van der Waals surface area contributed by atoms with Crippen LogP contribution in [0, 0.1) is 0 Å². The summed E-state index contributed by atoms with van der Waals surface area (Å²) < 4.78 is 22.0. The number of carbonyl (C=O) groups is 1. The zero-order valence-corrected chi connectivity index (χ0v) is 16.5. The lowest BCUT2D eigenvalue weighted by Gasteiger charge is -2.14. The maximum Gasteiger partial charge on any atom is 0.231 e. The highest BCUT2D eigenvalue weighted by Gasteiger charge is 2.28. The van der Waals surface area contributed by atoms with Gasteiger partial charge in [-0.3, -0.25) is 4.79 Å². The number of methoxy groups -OCH3 is 3. The van der Waals surface area contributed by atoms with Crippen LogP contribution in [0.15, 0.2) is 52.9 Å². The van der Waals surface area contributed by atoms with E-state index in [0.29, 0.717) is 34.3 Å². The molecule has 2 heterocycles. The van der Waals surface area contributed by atoms with Crippen molar-refractivity contribution in [3.8, 4) is 34.1 Å². The Kier molecular flexibility index (Phi) is 4.79. The van der Waals surface area contributed by atoms with Gasteiger partial charge in [-0.2, -0.15) is 11.3 Å². The zero-order chi connectivity index (χ0) is 19.7. The van der Waals surface area contributed by atoms with Crippen molar-refractivity contribution in [2.45, 2.75) is 0 Å². The van der Waals surface area contributed by atoms with E-state index < -0.39 is 0 Å². The molecule has 0 N–H and O–H groups in total. The maximum absolute atomic E-state index is 12.8. The molecule has 0 saturated heterocycles. The standard InChI is InChI=1S/C22H18O5S/c1-24-19-10-15(11-20(25-2)22(19)26-3)14-4-5-17-16(9-14)21(23)18(27-17)8-13-6-7-28-12-13/h4-12H,1-3H3/b18-8-. The summed E-state index contributed by atoms with van der Waals surface area (Å²) in [6, 6.07) is 11.2. The number of thiophene rings is 1. The van der Waals surface area contributed by atoms with Crippen molar-refractivity contribution in [2.75, 3.05) is 21.3 Å². The molecule has 28 heavy (non-hydrogen) atoms. The van der Waals surface area contributed by atoms with E-state index in [1.165, 1.54) is 0 Å². The third-order valence-corrected chi connectivity index (χ3v) is 5.21. The fourth-order valence-corrected chi connectivity index (χ4v) is 3.74. The lowest BCUT2D eigenvalue weighted by atomic mass is 10.00. The number of rotatable bonds is 5. The molecule has 6 heteroatoms. The first kappa shape index (κ1) is 18.1. The molecule has 0 bridgehead atoms. The van der Waals surface area contributed by atoms with Crippen LogP contribution in [0.2, 0.25) is 0 Å². The third kappa shape index (κ3) is 3.12. The summed E-state index contributed by atoms with van der Waals surface area (Å²) in [7, 11) is 4.71. The van der Waals surface area contributed by atoms with Gasteiger partial charge < -0.3 is 18.9 Å². The van der Waals surface area contributed by atoms with Gasteiger partial charge in [0, 0.05) is 0 Å². The normalized spacial score (nSPS) is 14.0. The fraction of sp³-hybridized carbons (Fsp3) is 0.136. The Morgan fingerprint density at radius 3 is 2.29 bits per heavy atom. The molecule has 5 nitrogen and oxygen atoms in total. The number of allylic oxidation sites excluding steroid dienone is 1. The molecule has 1 aromatic heterocycles. The molecule has 0 amide bonds. The monoisotopic (exact) mass is 394 g/mol. The van der Waals surface area contributed by atoms with E-state index in [1.807, 2.05) is 41.1 Å². The first-order chi connectivity index (χ1) is 13.6. The number of ketones is 1. The molecule has 0 unspecified atom stereocenters. The number of fused-ring (bicyclic) bond motifs is 1. The summed E-state index contributed by atoms with van der Waals surface area (Å²) in [6.45, 7) is 0. The molecule has 0 atom stereocenters. The lowest BCUT2D eigenvalue weighted by Crippen LogP contribution is -1.98.